The molecule has 0 radical (unpaired) electrons. The maximum absolute atomic E-state index is 5.64. The highest BCUT2D eigenvalue weighted by atomic mass is 16.5. The van der Waals surface area contributed by atoms with E-state index in [0.29, 0.717) is 11.8 Å². The Hall–Kier alpha value is -0.810. The van der Waals surface area contributed by atoms with E-state index in [9.17, 15) is 0 Å². The number of nitrogens with one attached hydrogen (secondary N) is 2. The van der Waals surface area contributed by atoms with Gasteiger partial charge >= 0.3 is 0 Å². The Bertz CT molecular complexity index is 320. The van der Waals surface area contributed by atoms with Gasteiger partial charge in [0.1, 0.15) is 0 Å². The molecule has 5 heteroatoms. The smallest absolute Gasteiger partial charge is 0.191 e. The van der Waals surface area contributed by atoms with Crippen LogP contribution in [0.15, 0.2) is 4.99 Å². The van der Waals surface area contributed by atoms with Crippen molar-refractivity contribution >= 4 is 5.96 Å². The summed E-state index contributed by atoms with van der Waals surface area (Å²) >= 11 is 0. The number of hydrogen-bond acceptors (Lipinski definition) is 3. The first-order chi connectivity index (χ1) is 11.2. The second-order valence-corrected chi connectivity index (χ2v) is 6.90. The third-order valence-electron chi connectivity index (χ3n) is 4.14. The first kappa shape index (κ1) is 20.2. The summed E-state index contributed by atoms with van der Waals surface area (Å²) in [5.41, 5.74) is 0. The third-order valence-corrected chi connectivity index (χ3v) is 4.14. The Balaban J connectivity index is 2.20. The number of ether oxygens (including phenoxy) is 1. The topological polar surface area (TPSA) is 48.9 Å². The van der Waals surface area contributed by atoms with Crippen molar-refractivity contribution in [1.82, 2.24) is 15.5 Å². The fourth-order valence-electron chi connectivity index (χ4n) is 2.81. The quantitative estimate of drug-likeness (QED) is 0.348. The zero-order valence-corrected chi connectivity index (χ0v) is 15.7. The van der Waals surface area contributed by atoms with Crippen LogP contribution in [0.25, 0.3) is 0 Å². The van der Waals surface area contributed by atoms with Crippen LogP contribution in [-0.2, 0) is 4.74 Å². The van der Waals surface area contributed by atoms with Gasteiger partial charge in [-0.15, -0.1) is 0 Å². The lowest BCUT2D eigenvalue weighted by molar-refractivity contribution is 0.128. The fraction of sp³-hybridized carbons (Fsp3) is 0.944. The third kappa shape index (κ3) is 9.82. The summed E-state index contributed by atoms with van der Waals surface area (Å²) in [7, 11) is 0. The van der Waals surface area contributed by atoms with Gasteiger partial charge in [0.05, 0.1) is 6.61 Å². The molecule has 2 N–H and O–H groups in total. The molecule has 0 aromatic carbocycles. The number of nitrogens with zero attached hydrogens (tertiary/aromatic N) is 2. The van der Waals surface area contributed by atoms with Crippen LogP contribution in [-0.4, -0.2) is 63.3 Å². The Morgan fingerprint density at radius 2 is 2.09 bits per heavy atom. The van der Waals surface area contributed by atoms with Gasteiger partial charge in [0, 0.05) is 32.8 Å². The molecule has 5 nitrogen and oxygen atoms in total. The average molecular weight is 327 g/mol. The van der Waals surface area contributed by atoms with Crippen LogP contribution in [0, 0.1) is 11.8 Å². The lowest BCUT2D eigenvalue weighted by atomic mass is 10.1. The van der Waals surface area contributed by atoms with Gasteiger partial charge in [0.15, 0.2) is 5.96 Å². The van der Waals surface area contributed by atoms with Crippen LogP contribution in [0.1, 0.15) is 47.0 Å². The molecule has 1 heterocycles. The molecule has 0 amide bonds. The number of aliphatic imine (C=N–C) groups is 1. The van der Waals surface area contributed by atoms with Gasteiger partial charge in [-0.3, -0.25) is 4.99 Å². The van der Waals surface area contributed by atoms with E-state index in [1.54, 1.807) is 0 Å². The summed E-state index contributed by atoms with van der Waals surface area (Å²) in [6.07, 6.45) is 3.66. The molecule has 0 aromatic rings. The number of likely N-dealkylation sites (tertiary alicyclic amines) is 1. The average Bonchev–Trinajstić information content (AvgIpc) is 2.96. The number of rotatable bonds is 11. The fourth-order valence-corrected chi connectivity index (χ4v) is 2.81. The minimum Gasteiger partial charge on any atom is -0.380 e. The molecule has 1 fully saturated rings. The first-order valence-corrected chi connectivity index (χ1v) is 9.47. The minimum atomic E-state index is 0.708. The number of guanidine groups is 1. The highest BCUT2D eigenvalue weighted by Gasteiger charge is 2.21. The van der Waals surface area contributed by atoms with E-state index in [4.69, 9.17) is 9.73 Å². The maximum Gasteiger partial charge on any atom is 0.191 e. The van der Waals surface area contributed by atoms with E-state index >= 15 is 0 Å². The van der Waals surface area contributed by atoms with Crippen molar-refractivity contribution in [1.29, 1.82) is 0 Å². The summed E-state index contributed by atoms with van der Waals surface area (Å²) in [6.45, 7) is 16.7. The SMILES string of the molecule is CCCN1CCC(CN=C(NCC)NCCOCCC(C)C)C1. The normalized spacial score (nSPS) is 19.5. The Morgan fingerprint density at radius 1 is 1.26 bits per heavy atom. The van der Waals surface area contributed by atoms with Crippen LogP contribution in [0.5, 0.6) is 0 Å². The van der Waals surface area contributed by atoms with Crippen LogP contribution in [0.2, 0.25) is 0 Å². The predicted molar refractivity (Wildman–Crippen MR) is 99.1 cm³/mol. The molecule has 0 saturated carbocycles. The molecule has 0 aliphatic carbocycles. The zero-order chi connectivity index (χ0) is 16.9. The van der Waals surface area contributed by atoms with Gasteiger partial charge in [-0.05, 0) is 51.1 Å². The van der Waals surface area contributed by atoms with Crippen molar-refractivity contribution < 1.29 is 4.74 Å². The number of hydrogen-bond donors (Lipinski definition) is 2. The Morgan fingerprint density at radius 3 is 2.78 bits per heavy atom. The highest BCUT2D eigenvalue weighted by Crippen LogP contribution is 2.16. The minimum absolute atomic E-state index is 0.708. The monoisotopic (exact) mass is 326 g/mol. The van der Waals surface area contributed by atoms with Crippen molar-refractivity contribution in [2.24, 2.45) is 16.8 Å². The van der Waals surface area contributed by atoms with Crippen molar-refractivity contribution in [3.05, 3.63) is 0 Å². The van der Waals surface area contributed by atoms with Gasteiger partial charge in [0.25, 0.3) is 0 Å². The van der Waals surface area contributed by atoms with Gasteiger partial charge in [0.2, 0.25) is 0 Å². The van der Waals surface area contributed by atoms with E-state index in [1.165, 1.54) is 32.5 Å². The summed E-state index contributed by atoms with van der Waals surface area (Å²) in [5.74, 6) is 2.34. The summed E-state index contributed by atoms with van der Waals surface area (Å²) in [6, 6.07) is 0. The second kappa shape index (κ2) is 12.6. The molecule has 1 atom stereocenters. The van der Waals surface area contributed by atoms with Crippen LogP contribution in [0.3, 0.4) is 0 Å². The van der Waals surface area contributed by atoms with Gasteiger partial charge in [-0.1, -0.05) is 20.8 Å². The Labute approximate surface area is 143 Å². The molecule has 1 aliphatic heterocycles. The molecule has 1 rings (SSSR count). The Kier molecular flexibility index (Phi) is 11.1. The molecular weight excluding hydrogens is 288 g/mol. The standard InChI is InChI=1S/C18H38N4O/c1-5-10-22-11-7-17(15-22)14-21-18(19-6-2)20-9-13-23-12-8-16(3)4/h16-17H,5-15H2,1-4H3,(H2,19,20,21). The lowest BCUT2D eigenvalue weighted by Crippen LogP contribution is -2.39. The highest BCUT2D eigenvalue weighted by molar-refractivity contribution is 5.79. The first-order valence-electron chi connectivity index (χ1n) is 9.47. The molecule has 1 unspecified atom stereocenters. The van der Waals surface area contributed by atoms with E-state index in [1.807, 2.05) is 0 Å². The second-order valence-electron chi connectivity index (χ2n) is 6.90. The maximum atomic E-state index is 5.64. The van der Waals surface area contributed by atoms with Gasteiger partial charge < -0.3 is 20.3 Å². The van der Waals surface area contributed by atoms with Crippen LogP contribution >= 0.6 is 0 Å². The van der Waals surface area contributed by atoms with E-state index in [2.05, 4.69) is 43.2 Å². The molecule has 0 bridgehead atoms. The summed E-state index contributed by atoms with van der Waals surface area (Å²) in [4.78, 5) is 7.31. The molecule has 1 aliphatic rings. The predicted octanol–water partition coefficient (Wildman–Crippen LogP) is 2.34. The molecule has 23 heavy (non-hydrogen) atoms. The molecule has 136 valence electrons. The summed E-state index contributed by atoms with van der Waals surface area (Å²) < 4.78 is 5.64. The zero-order valence-electron chi connectivity index (χ0n) is 15.7. The van der Waals surface area contributed by atoms with Crippen molar-refractivity contribution in [3.8, 4) is 0 Å². The van der Waals surface area contributed by atoms with Gasteiger partial charge in [-0.25, -0.2) is 0 Å². The van der Waals surface area contributed by atoms with E-state index in [-0.39, 0.29) is 0 Å². The van der Waals surface area contributed by atoms with Crippen molar-refractivity contribution in [3.63, 3.8) is 0 Å². The van der Waals surface area contributed by atoms with Crippen molar-refractivity contribution in [2.45, 2.75) is 47.0 Å². The van der Waals surface area contributed by atoms with Crippen LogP contribution < -0.4 is 10.6 Å². The van der Waals surface area contributed by atoms with E-state index in [0.717, 1.165) is 45.2 Å². The lowest BCUT2D eigenvalue weighted by Gasteiger charge is -2.15. The van der Waals surface area contributed by atoms with Gasteiger partial charge in [-0.2, -0.15) is 0 Å². The molecule has 0 aromatic heterocycles. The van der Waals surface area contributed by atoms with Crippen LogP contribution in [0.4, 0.5) is 0 Å². The largest absolute Gasteiger partial charge is 0.380 e. The molecule has 1 saturated heterocycles. The van der Waals surface area contributed by atoms with E-state index < -0.39 is 0 Å². The molecule has 0 spiro atoms. The summed E-state index contributed by atoms with van der Waals surface area (Å²) in [5, 5.41) is 6.69. The molecular formula is C18H38N4O. The van der Waals surface area contributed by atoms with Crippen molar-refractivity contribution in [2.75, 3.05) is 52.5 Å².